The number of nitrogens with two attached hydrogens (primary N) is 1. The van der Waals surface area contributed by atoms with Gasteiger partial charge in [-0.1, -0.05) is 11.6 Å². The van der Waals surface area contributed by atoms with E-state index < -0.39 is 21.8 Å². The first kappa shape index (κ1) is 14.9. The predicted molar refractivity (Wildman–Crippen MR) is 70.2 cm³/mol. The highest BCUT2D eigenvalue weighted by Gasteiger charge is 2.16. The Bertz CT molecular complexity index is 533. The van der Waals surface area contributed by atoms with Crippen molar-refractivity contribution in [1.29, 1.82) is 0 Å². The summed E-state index contributed by atoms with van der Waals surface area (Å²) in [5.74, 6) is -0.347. The number of carbonyl (C=O) groups excluding carboxylic acids is 1. The maximum atomic E-state index is 11.6. The lowest BCUT2D eigenvalue weighted by Crippen LogP contribution is -2.37. The molecule has 0 saturated heterocycles. The van der Waals surface area contributed by atoms with Gasteiger partial charge < -0.3 is 11.1 Å². The van der Waals surface area contributed by atoms with Crippen molar-refractivity contribution in [3.05, 3.63) is 23.4 Å². The summed E-state index contributed by atoms with van der Waals surface area (Å²) >= 11 is 5.73. The molecule has 0 aliphatic heterocycles. The molecule has 8 heteroatoms. The highest BCUT2D eigenvalue weighted by molar-refractivity contribution is 7.90. The summed E-state index contributed by atoms with van der Waals surface area (Å²) in [4.78, 5) is 15.5. The Morgan fingerprint density at radius 1 is 1.61 bits per heavy atom. The van der Waals surface area contributed by atoms with E-state index in [4.69, 9.17) is 17.3 Å². The van der Waals surface area contributed by atoms with Crippen LogP contribution in [0.5, 0.6) is 0 Å². The number of hydrogen-bond donors (Lipinski definition) is 2. The second-order valence-corrected chi connectivity index (χ2v) is 6.57. The first-order chi connectivity index (χ1) is 8.28. The summed E-state index contributed by atoms with van der Waals surface area (Å²) < 4.78 is 21.9. The molecule has 1 unspecified atom stereocenters. The quantitative estimate of drug-likeness (QED) is 0.819. The molecule has 1 atom stereocenters. The molecule has 6 nitrogen and oxygen atoms in total. The van der Waals surface area contributed by atoms with Gasteiger partial charge in [0.2, 0.25) is 5.91 Å². The maximum Gasteiger partial charge on any atom is 0.242 e. The fourth-order valence-corrected chi connectivity index (χ4v) is 2.01. The van der Waals surface area contributed by atoms with Gasteiger partial charge in [-0.15, -0.1) is 0 Å². The topological polar surface area (TPSA) is 102 Å². The third-order valence-corrected chi connectivity index (χ3v) is 3.32. The third-order valence-electron chi connectivity index (χ3n) is 2.11. The van der Waals surface area contributed by atoms with Crippen LogP contribution in [0.1, 0.15) is 6.42 Å². The molecule has 1 rings (SSSR count). The number of sulfone groups is 1. The van der Waals surface area contributed by atoms with Crippen LogP contribution in [0.15, 0.2) is 18.3 Å². The largest absolute Gasteiger partial charge is 0.320 e. The van der Waals surface area contributed by atoms with E-state index in [1.807, 2.05) is 0 Å². The summed E-state index contributed by atoms with van der Waals surface area (Å²) in [6.45, 7) is 0. The Labute approximate surface area is 110 Å². The number of rotatable bonds is 5. The fraction of sp³-hybridized carbons (Fsp3) is 0.400. The van der Waals surface area contributed by atoms with E-state index in [9.17, 15) is 13.2 Å². The fourth-order valence-electron chi connectivity index (χ4n) is 1.16. The molecule has 1 heterocycles. The Hall–Kier alpha value is -1.18. The number of nitrogens with one attached hydrogen (secondary N) is 1. The van der Waals surface area contributed by atoms with Crippen molar-refractivity contribution in [3.8, 4) is 0 Å². The molecule has 0 radical (unpaired) electrons. The van der Waals surface area contributed by atoms with Crippen LogP contribution in [-0.4, -0.2) is 37.4 Å². The van der Waals surface area contributed by atoms with Crippen LogP contribution in [-0.2, 0) is 14.6 Å². The molecule has 1 amide bonds. The molecular formula is C10H14ClN3O3S. The van der Waals surface area contributed by atoms with Crippen molar-refractivity contribution in [3.63, 3.8) is 0 Å². The van der Waals surface area contributed by atoms with Crippen molar-refractivity contribution in [2.24, 2.45) is 5.73 Å². The van der Waals surface area contributed by atoms with Gasteiger partial charge in [0.25, 0.3) is 0 Å². The Kier molecular flexibility index (Phi) is 5.06. The van der Waals surface area contributed by atoms with Crippen molar-refractivity contribution in [2.75, 3.05) is 17.3 Å². The van der Waals surface area contributed by atoms with Gasteiger partial charge in [0, 0.05) is 17.5 Å². The number of anilines is 1. The Morgan fingerprint density at radius 2 is 2.28 bits per heavy atom. The minimum Gasteiger partial charge on any atom is -0.320 e. The summed E-state index contributed by atoms with van der Waals surface area (Å²) in [6.07, 6.45) is 2.60. The lowest BCUT2D eigenvalue weighted by Gasteiger charge is -2.11. The van der Waals surface area contributed by atoms with Crippen molar-refractivity contribution >= 4 is 33.2 Å². The number of halogens is 1. The molecule has 0 bridgehead atoms. The molecule has 0 fully saturated rings. The summed E-state index contributed by atoms with van der Waals surface area (Å²) in [5.41, 5.74) is 5.57. The van der Waals surface area contributed by atoms with Crippen molar-refractivity contribution in [2.45, 2.75) is 12.5 Å². The van der Waals surface area contributed by atoms with Gasteiger partial charge in [0.05, 0.1) is 11.8 Å². The molecule has 3 N–H and O–H groups in total. The minimum atomic E-state index is -3.13. The number of hydrogen-bond acceptors (Lipinski definition) is 5. The molecule has 0 aliphatic rings. The van der Waals surface area contributed by atoms with E-state index in [1.54, 1.807) is 6.07 Å². The van der Waals surface area contributed by atoms with Crippen LogP contribution >= 0.6 is 11.6 Å². The van der Waals surface area contributed by atoms with Gasteiger partial charge >= 0.3 is 0 Å². The highest BCUT2D eigenvalue weighted by atomic mass is 35.5. The zero-order valence-electron chi connectivity index (χ0n) is 9.76. The molecule has 0 saturated carbocycles. The monoisotopic (exact) mass is 291 g/mol. The number of carbonyl (C=O) groups is 1. The standard InChI is InChI=1S/C10H14ClN3O3S/c1-18(16,17)5-3-8(12)10(15)14-9-6-7(11)2-4-13-9/h2,4,6,8H,3,5,12H2,1H3,(H,13,14,15). The van der Waals surface area contributed by atoms with Crippen LogP contribution < -0.4 is 11.1 Å². The van der Waals surface area contributed by atoms with E-state index in [0.717, 1.165) is 6.26 Å². The molecule has 0 spiro atoms. The second-order valence-electron chi connectivity index (χ2n) is 3.87. The van der Waals surface area contributed by atoms with Crippen LogP contribution in [0.4, 0.5) is 5.82 Å². The smallest absolute Gasteiger partial charge is 0.242 e. The van der Waals surface area contributed by atoms with Gasteiger partial charge in [-0.25, -0.2) is 13.4 Å². The zero-order chi connectivity index (χ0) is 13.8. The van der Waals surface area contributed by atoms with Gasteiger partial charge in [-0.3, -0.25) is 4.79 Å². The molecule has 1 aromatic heterocycles. The average molecular weight is 292 g/mol. The molecular weight excluding hydrogens is 278 g/mol. The second kappa shape index (κ2) is 6.12. The highest BCUT2D eigenvalue weighted by Crippen LogP contribution is 2.12. The van der Waals surface area contributed by atoms with E-state index in [2.05, 4.69) is 10.3 Å². The third kappa shape index (κ3) is 5.44. The predicted octanol–water partition coefficient (Wildman–Crippen LogP) is 0.436. The minimum absolute atomic E-state index is 0.0607. The Balaban J connectivity index is 2.55. The van der Waals surface area contributed by atoms with Crippen LogP contribution in [0.2, 0.25) is 5.02 Å². The number of nitrogens with zero attached hydrogens (tertiary/aromatic N) is 1. The Morgan fingerprint density at radius 3 is 2.83 bits per heavy atom. The molecule has 100 valence electrons. The van der Waals surface area contributed by atoms with Crippen LogP contribution in [0, 0.1) is 0 Å². The van der Waals surface area contributed by atoms with Crippen molar-refractivity contribution < 1.29 is 13.2 Å². The van der Waals surface area contributed by atoms with Gasteiger partial charge in [0.1, 0.15) is 15.7 Å². The van der Waals surface area contributed by atoms with E-state index in [0.29, 0.717) is 5.02 Å². The first-order valence-electron chi connectivity index (χ1n) is 5.13. The summed E-state index contributed by atoms with van der Waals surface area (Å²) in [6, 6.07) is 2.14. The number of pyridine rings is 1. The summed E-state index contributed by atoms with van der Waals surface area (Å²) in [7, 11) is -3.13. The van der Waals surface area contributed by atoms with Crippen LogP contribution in [0.3, 0.4) is 0 Å². The first-order valence-corrected chi connectivity index (χ1v) is 7.57. The zero-order valence-corrected chi connectivity index (χ0v) is 11.3. The average Bonchev–Trinajstić information content (AvgIpc) is 2.24. The number of amides is 1. The maximum absolute atomic E-state index is 11.6. The molecule has 1 aromatic rings. The van der Waals surface area contributed by atoms with Gasteiger partial charge in [0.15, 0.2) is 0 Å². The van der Waals surface area contributed by atoms with Gasteiger partial charge in [-0.05, 0) is 18.6 Å². The summed E-state index contributed by atoms with van der Waals surface area (Å²) in [5, 5.41) is 2.90. The number of aromatic nitrogens is 1. The normalized spacial score (nSPS) is 13.1. The van der Waals surface area contributed by atoms with Crippen molar-refractivity contribution in [1.82, 2.24) is 4.98 Å². The molecule has 0 aromatic carbocycles. The van der Waals surface area contributed by atoms with Crippen LogP contribution in [0.25, 0.3) is 0 Å². The van der Waals surface area contributed by atoms with E-state index in [-0.39, 0.29) is 18.0 Å². The lowest BCUT2D eigenvalue weighted by molar-refractivity contribution is -0.117. The SMILES string of the molecule is CS(=O)(=O)CCC(N)C(=O)Nc1cc(Cl)ccn1. The van der Waals surface area contributed by atoms with Gasteiger partial charge in [-0.2, -0.15) is 0 Å². The van der Waals surface area contributed by atoms with E-state index >= 15 is 0 Å². The van der Waals surface area contributed by atoms with E-state index in [1.165, 1.54) is 12.3 Å². The lowest BCUT2D eigenvalue weighted by atomic mass is 10.2. The molecule has 0 aliphatic carbocycles. The molecule has 18 heavy (non-hydrogen) atoms.